The summed E-state index contributed by atoms with van der Waals surface area (Å²) in [6.45, 7) is 3.69. The van der Waals surface area contributed by atoms with Crippen LogP contribution in [0.2, 0.25) is 5.02 Å². The molecule has 4 nitrogen and oxygen atoms in total. The highest BCUT2D eigenvalue weighted by molar-refractivity contribution is 6.30. The van der Waals surface area contributed by atoms with E-state index < -0.39 is 0 Å². The summed E-state index contributed by atoms with van der Waals surface area (Å²) >= 11 is 5.91. The van der Waals surface area contributed by atoms with Gasteiger partial charge in [-0.2, -0.15) is 5.10 Å². The molecule has 5 heteroatoms. The number of hydrogen-bond donors (Lipinski definition) is 2. The summed E-state index contributed by atoms with van der Waals surface area (Å²) in [7, 11) is 0. The maximum atomic E-state index is 5.91. The smallest absolute Gasteiger partial charge is 0.0763 e. The average Bonchev–Trinajstić information content (AvgIpc) is 2.83. The number of rotatable bonds is 6. The van der Waals surface area contributed by atoms with Gasteiger partial charge in [0.2, 0.25) is 0 Å². The zero-order valence-electron chi connectivity index (χ0n) is 11.1. The molecule has 0 saturated carbocycles. The van der Waals surface area contributed by atoms with Crippen LogP contribution >= 0.6 is 11.6 Å². The van der Waals surface area contributed by atoms with Crippen molar-refractivity contribution in [1.29, 1.82) is 0 Å². The van der Waals surface area contributed by atoms with E-state index in [0.717, 1.165) is 35.8 Å². The molecule has 1 heterocycles. The molecule has 0 aliphatic heterocycles. The molecule has 0 aliphatic rings. The van der Waals surface area contributed by atoms with Crippen LogP contribution in [0.1, 0.15) is 19.0 Å². The van der Waals surface area contributed by atoms with Crippen molar-refractivity contribution in [3.63, 3.8) is 0 Å². The van der Waals surface area contributed by atoms with E-state index in [0.29, 0.717) is 6.54 Å². The summed E-state index contributed by atoms with van der Waals surface area (Å²) < 4.78 is 1.95. The zero-order chi connectivity index (χ0) is 13.7. The van der Waals surface area contributed by atoms with Crippen molar-refractivity contribution < 1.29 is 0 Å². The van der Waals surface area contributed by atoms with Gasteiger partial charge in [0.15, 0.2) is 0 Å². The molecule has 0 saturated heterocycles. The second kappa shape index (κ2) is 6.59. The second-order valence-corrected chi connectivity index (χ2v) is 4.75. The van der Waals surface area contributed by atoms with Gasteiger partial charge in [-0.3, -0.25) is 0 Å². The van der Waals surface area contributed by atoms with E-state index in [-0.39, 0.29) is 0 Å². The Kier molecular flexibility index (Phi) is 4.82. The lowest BCUT2D eigenvalue weighted by atomic mass is 10.2. The normalized spacial score (nSPS) is 10.7. The van der Waals surface area contributed by atoms with Gasteiger partial charge in [-0.15, -0.1) is 0 Å². The first-order valence-corrected chi connectivity index (χ1v) is 6.90. The fourth-order valence-corrected chi connectivity index (χ4v) is 2.12. The van der Waals surface area contributed by atoms with Gasteiger partial charge in [-0.25, -0.2) is 4.68 Å². The Labute approximate surface area is 118 Å². The first-order valence-electron chi connectivity index (χ1n) is 6.53. The molecule has 0 spiro atoms. The number of halogens is 1. The van der Waals surface area contributed by atoms with E-state index in [1.54, 1.807) is 0 Å². The first-order chi connectivity index (χ1) is 9.26. The van der Waals surface area contributed by atoms with Crippen LogP contribution in [0.4, 0.5) is 5.69 Å². The minimum atomic E-state index is 0.694. The van der Waals surface area contributed by atoms with Gasteiger partial charge in [0.05, 0.1) is 23.3 Å². The van der Waals surface area contributed by atoms with E-state index in [4.69, 9.17) is 17.3 Å². The molecule has 0 unspecified atom stereocenters. The summed E-state index contributed by atoms with van der Waals surface area (Å²) in [5.74, 6) is 0. The topological polar surface area (TPSA) is 55.9 Å². The Balaban J connectivity index is 2.23. The van der Waals surface area contributed by atoms with Gasteiger partial charge in [0.25, 0.3) is 0 Å². The molecule has 1 aromatic carbocycles. The highest BCUT2D eigenvalue weighted by Gasteiger charge is 2.10. The molecular formula is C14H19ClN4. The second-order valence-electron chi connectivity index (χ2n) is 4.32. The quantitative estimate of drug-likeness (QED) is 0.799. The van der Waals surface area contributed by atoms with Crippen LogP contribution in [0.25, 0.3) is 5.69 Å². The SMILES string of the molecule is CCc1c(NCCCN)cnn1-c1ccc(Cl)cc1. The number of nitrogens with two attached hydrogens (primary N) is 1. The van der Waals surface area contributed by atoms with E-state index in [1.165, 1.54) is 5.69 Å². The lowest BCUT2D eigenvalue weighted by Crippen LogP contribution is -2.10. The Bertz CT molecular complexity index is 519. The Morgan fingerprint density at radius 2 is 2.05 bits per heavy atom. The van der Waals surface area contributed by atoms with E-state index in [2.05, 4.69) is 17.3 Å². The van der Waals surface area contributed by atoms with Crippen LogP contribution in [0.15, 0.2) is 30.5 Å². The van der Waals surface area contributed by atoms with Gasteiger partial charge < -0.3 is 11.1 Å². The van der Waals surface area contributed by atoms with Gasteiger partial charge in [0.1, 0.15) is 0 Å². The standard InChI is InChI=1S/C14H19ClN4/c1-2-14-13(17-9-3-8-16)10-18-19(14)12-6-4-11(15)5-7-12/h4-7,10,17H,2-3,8-9,16H2,1H3. The molecule has 0 radical (unpaired) electrons. The van der Waals surface area contributed by atoms with Crippen LogP contribution in [0.3, 0.4) is 0 Å². The predicted molar refractivity (Wildman–Crippen MR) is 80.1 cm³/mol. The van der Waals surface area contributed by atoms with E-state index in [9.17, 15) is 0 Å². The number of nitrogens with one attached hydrogen (secondary N) is 1. The molecule has 0 fully saturated rings. The van der Waals surface area contributed by atoms with Crippen molar-refractivity contribution in [1.82, 2.24) is 9.78 Å². The lowest BCUT2D eigenvalue weighted by Gasteiger charge is -2.09. The number of benzene rings is 1. The molecule has 0 bridgehead atoms. The van der Waals surface area contributed by atoms with Gasteiger partial charge in [-0.05, 0) is 43.7 Å². The summed E-state index contributed by atoms with van der Waals surface area (Å²) in [4.78, 5) is 0. The molecule has 3 N–H and O–H groups in total. The third-order valence-corrected chi connectivity index (χ3v) is 3.22. The fraction of sp³-hybridized carbons (Fsp3) is 0.357. The Morgan fingerprint density at radius 1 is 1.32 bits per heavy atom. The molecule has 1 aromatic heterocycles. The van der Waals surface area contributed by atoms with Gasteiger partial charge >= 0.3 is 0 Å². The molecule has 2 rings (SSSR count). The van der Waals surface area contributed by atoms with Crippen molar-refractivity contribution in [3.05, 3.63) is 41.2 Å². The summed E-state index contributed by atoms with van der Waals surface area (Å²) in [5.41, 5.74) is 8.76. The zero-order valence-corrected chi connectivity index (χ0v) is 11.8. The monoisotopic (exact) mass is 278 g/mol. The van der Waals surface area contributed by atoms with Crippen LogP contribution in [-0.4, -0.2) is 22.9 Å². The predicted octanol–water partition coefficient (Wildman–Crippen LogP) is 2.85. The molecule has 0 aliphatic carbocycles. The lowest BCUT2D eigenvalue weighted by molar-refractivity contribution is 0.812. The van der Waals surface area contributed by atoms with E-state index >= 15 is 0 Å². The third kappa shape index (κ3) is 3.28. The van der Waals surface area contributed by atoms with Crippen molar-refractivity contribution in [2.45, 2.75) is 19.8 Å². The summed E-state index contributed by atoms with van der Waals surface area (Å²) in [5, 5.41) is 8.55. The van der Waals surface area contributed by atoms with Crippen LogP contribution in [-0.2, 0) is 6.42 Å². The van der Waals surface area contributed by atoms with Crippen LogP contribution in [0, 0.1) is 0 Å². The minimum absolute atomic E-state index is 0.694. The average molecular weight is 279 g/mol. The highest BCUT2D eigenvalue weighted by Crippen LogP contribution is 2.21. The maximum Gasteiger partial charge on any atom is 0.0763 e. The van der Waals surface area contributed by atoms with Crippen molar-refractivity contribution in [2.75, 3.05) is 18.4 Å². The largest absolute Gasteiger partial charge is 0.382 e. The van der Waals surface area contributed by atoms with Gasteiger partial charge in [-0.1, -0.05) is 18.5 Å². The summed E-state index contributed by atoms with van der Waals surface area (Å²) in [6, 6.07) is 7.69. The maximum absolute atomic E-state index is 5.91. The fourth-order valence-electron chi connectivity index (χ4n) is 1.99. The third-order valence-electron chi connectivity index (χ3n) is 2.97. The van der Waals surface area contributed by atoms with Crippen LogP contribution < -0.4 is 11.1 Å². The molecular weight excluding hydrogens is 260 g/mol. The minimum Gasteiger partial charge on any atom is -0.382 e. The molecule has 19 heavy (non-hydrogen) atoms. The number of aromatic nitrogens is 2. The number of anilines is 1. The van der Waals surface area contributed by atoms with Crippen LogP contribution in [0.5, 0.6) is 0 Å². The molecule has 0 atom stereocenters. The summed E-state index contributed by atoms with van der Waals surface area (Å²) in [6.07, 6.45) is 3.73. The number of hydrogen-bond acceptors (Lipinski definition) is 3. The molecule has 102 valence electrons. The molecule has 0 amide bonds. The van der Waals surface area contributed by atoms with Crippen molar-refractivity contribution >= 4 is 17.3 Å². The Morgan fingerprint density at radius 3 is 2.68 bits per heavy atom. The number of nitrogens with zero attached hydrogens (tertiary/aromatic N) is 2. The van der Waals surface area contributed by atoms with Crippen molar-refractivity contribution in [2.24, 2.45) is 5.73 Å². The first kappa shape index (κ1) is 13.9. The van der Waals surface area contributed by atoms with E-state index in [1.807, 2.05) is 35.1 Å². The van der Waals surface area contributed by atoms with Gasteiger partial charge in [0, 0.05) is 11.6 Å². The Hall–Kier alpha value is -1.52. The molecule has 2 aromatic rings. The highest BCUT2D eigenvalue weighted by atomic mass is 35.5. The van der Waals surface area contributed by atoms with Crippen molar-refractivity contribution in [3.8, 4) is 5.69 Å².